The molecule has 0 saturated carbocycles. The number of aromatic nitrogens is 2. The van der Waals surface area contributed by atoms with Crippen LogP contribution in [0, 0.1) is 0 Å². The lowest BCUT2D eigenvalue weighted by molar-refractivity contribution is -0.0710. The summed E-state index contributed by atoms with van der Waals surface area (Å²) in [6, 6.07) is 10.1. The van der Waals surface area contributed by atoms with E-state index < -0.39 is 0 Å². The lowest BCUT2D eigenvalue weighted by atomic mass is 9.97. The maximum Gasteiger partial charge on any atom is 0.290 e. The second-order valence-corrected chi connectivity index (χ2v) is 6.71. The molecule has 2 aromatic rings. The lowest BCUT2D eigenvalue weighted by Gasteiger charge is -2.42. The summed E-state index contributed by atoms with van der Waals surface area (Å²) in [5.74, 6) is 0.330. The second-order valence-electron chi connectivity index (χ2n) is 6.71. The number of carbonyl (C=O) groups is 1. The Hall–Kier alpha value is -2.18. The normalized spacial score (nSPS) is 24.6. The summed E-state index contributed by atoms with van der Waals surface area (Å²) in [6.45, 7) is 4.24. The Bertz CT molecular complexity index is 683. The summed E-state index contributed by atoms with van der Waals surface area (Å²) in [7, 11) is 0. The molecule has 0 aliphatic carbocycles. The zero-order chi connectivity index (χ0) is 17.1. The van der Waals surface area contributed by atoms with Gasteiger partial charge in [0.05, 0.1) is 18.8 Å². The van der Waals surface area contributed by atoms with E-state index in [0.29, 0.717) is 19.0 Å². The summed E-state index contributed by atoms with van der Waals surface area (Å²) in [5.41, 5.74) is 1.12. The summed E-state index contributed by atoms with van der Waals surface area (Å²) in [5, 5.41) is 0. The molecule has 1 aromatic carbocycles. The molecule has 0 spiro atoms. The molecule has 1 N–H and O–H groups in total. The number of nitrogens with one attached hydrogen (secondary N) is 1. The number of hydrogen-bond acceptors (Lipinski definition) is 4. The summed E-state index contributed by atoms with van der Waals surface area (Å²) in [4.78, 5) is 24.4. The highest BCUT2D eigenvalue weighted by Gasteiger charge is 2.38. The summed E-state index contributed by atoms with van der Waals surface area (Å²) < 4.78 is 6.14. The number of hydrogen-bond donors (Lipinski definition) is 1. The molecule has 25 heavy (non-hydrogen) atoms. The number of rotatable bonds is 4. The van der Waals surface area contributed by atoms with Crippen LogP contribution >= 0.6 is 0 Å². The monoisotopic (exact) mass is 340 g/mol. The Balaban J connectivity index is 1.63. The highest BCUT2D eigenvalue weighted by atomic mass is 16.5. The molecule has 6 nitrogen and oxygen atoms in total. The molecule has 1 amide bonds. The van der Waals surface area contributed by atoms with E-state index in [-0.39, 0.29) is 18.1 Å². The van der Waals surface area contributed by atoms with Crippen molar-refractivity contribution in [3.8, 4) is 0 Å². The number of H-pyrrole nitrogens is 1. The molecule has 3 heterocycles. The molecule has 0 bridgehead atoms. The summed E-state index contributed by atoms with van der Waals surface area (Å²) in [6.07, 6.45) is 5.78. The average Bonchev–Trinajstić information content (AvgIpc) is 3.36. The van der Waals surface area contributed by atoms with Crippen LogP contribution in [-0.4, -0.2) is 64.6 Å². The van der Waals surface area contributed by atoms with E-state index in [9.17, 15) is 4.79 Å². The molecule has 132 valence electrons. The van der Waals surface area contributed by atoms with Crippen molar-refractivity contribution in [1.82, 2.24) is 19.8 Å². The van der Waals surface area contributed by atoms with E-state index in [1.807, 2.05) is 23.1 Å². The Kier molecular flexibility index (Phi) is 4.81. The van der Waals surface area contributed by atoms with Crippen LogP contribution in [0.2, 0.25) is 0 Å². The quantitative estimate of drug-likeness (QED) is 0.926. The van der Waals surface area contributed by atoms with Crippen molar-refractivity contribution in [3.05, 3.63) is 54.1 Å². The van der Waals surface area contributed by atoms with E-state index in [0.717, 1.165) is 25.2 Å². The van der Waals surface area contributed by atoms with Gasteiger partial charge in [0.1, 0.15) is 0 Å². The fourth-order valence-corrected chi connectivity index (χ4v) is 3.90. The van der Waals surface area contributed by atoms with Crippen LogP contribution in [0.25, 0.3) is 0 Å². The molecule has 2 aliphatic rings. The molecule has 2 fully saturated rings. The smallest absolute Gasteiger partial charge is 0.290 e. The third kappa shape index (κ3) is 3.45. The van der Waals surface area contributed by atoms with Crippen LogP contribution in [0.3, 0.4) is 0 Å². The number of ether oxygens (including phenoxy) is 1. The first kappa shape index (κ1) is 16.3. The maximum absolute atomic E-state index is 13.0. The summed E-state index contributed by atoms with van der Waals surface area (Å²) >= 11 is 0. The minimum atomic E-state index is -0.0897. The standard InChI is InChI=1S/C19H24N4O2/c24-19(18-20-8-9-21-18)23-12-13-25-16(14-22-10-4-5-11-22)17(23)15-6-2-1-3-7-15/h1-3,6-9,16-17H,4-5,10-14H2,(H,20,21)/t16-,17-/m0/s1. The van der Waals surface area contributed by atoms with Gasteiger partial charge in [-0.15, -0.1) is 0 Å². The SMILES string of the molecule is O=C(c1ncc[nH]1)N1CCO[C@@H](CN2CCCC2)[C@@H]1c1ccccc1. The first-order valence-electron chi connectivity index (χ1n) is 9.02. The van der Waals surface area contributed by atoms with Crippen LogP contribution in [-0.2, 0) is 4.74 Å². The maximum atomic E-state index is 13.0. The van der Waals surface area contributed by atoms with Gasteiger partial charge in [-0.05, 0) is 31.5 Å². The van der Waals surface area contributed by atoms with E-state index in [4.69, 9.17) is 4.74 Å². The molecule has 0 radical (unpaired) electrons. The van der Waals surface area contributed by atoms with Gasteiger partial charge in [-0.2, -0.15) is 0 Å². The average molecular weight is 340 g/mol. The van der Waals surface area contributed by atoms with E-state index in [1.165, 1.54) is 12.8 Å². The molecular formula is C19H24N4O2. The van der Waals surface area contributed by atoms with Crippen molar-refractivity contribution in [3.63, 3.8) is 0 Å². The number of likely N-dealkylation sites (tertiary alicyclic amines) is 1. The third-order valence-corrected chi connectivity index (χ3v) is 5.09. The second kappa shape index (κ2) is 7.37. The van der Waals surface area contributed by atoms with Gasteiger partial charge in [-0.25, -0.2) is 4.98 Å². The molecule has 2 atom stereocenters. The number of nitrogens with zero attached hydrogens (tertiary/aromatic N) is 3. The van der Waals surface area contributed by atoms with E-state index in [2.05, 4.69) is 27.0 Å². The largest absolute Gasteiger partial charge is 0.373 e. The van der Waals surface area contributed by atoms with Gasteiger partial charge >= 0.3 is 0 Å². The lowest BCUT2D eigenvalue weighted by Crippen LogP contribution is -2.51. The van der Waals surface area contributed by atoms with Crippen molar-refractivity contribution in [2.24, 2.45) is 0 Å². The molecule has 4 rings (SSSR count). The van der Waals surface area contributed by atoms with Gasteiger partial charge in [0.15, 0.2) is 5.82 Å². The Morgan fingerprint density at radius 1 is 1.20 bits per heavy atom. The Morgan fingerprint density at radius 3 is 2.72 bits per heavy atom. The van der Waals surface area contributed by atoms with Crippen LogP contribution in [0.15, 0.2) is 42.7 Å². The number of aromatic amines is 1. The van der Waals surface area contributed by atoms with Gasteiger partial charge in [0.2, 0.25) is 0 Å². The molecule has 2 aliphatic heterocycles. The number of benzene rings is 1. The number of morpholine rings is 1. The first-order chi connectivity index (χ1) is 12.3. The van der Waals surface area contributed by atoms with Crippen LogP contribution in [0.1, 0.15) is 35.1 Å². The predicted molar refractivity (Wildman–Crippen MR) is 94.2 cm³/mol. The van der Waals surface area contributed by atoms with Crippen LogP contribution in [0.5, 0.6) is 0 Å². The molecule has 1 aromatic heterocycles. The first-order valence-corrected chi connectivity index (χ1v) is 9.02. The minimum absolute atomic E-state index is 0.0202. The Labute approximate surface area is 147 Å². The van der Waals surface area contributed by atoms with Crippen molar-refractivity contribution in [2.75, 3.05) is 32.8 Å². The van der Waals surface area contributed by atoms with Crippen molar-refractivity contribution < 1.29 is 9.53 Å². The minimum Gasteiger partial charge on any atom is -0.373 e. The van der Waals surface area contributed by atoms with E-state index in [1.54, 1.807) is 12.4 Å². The molecule has 0 unspecified atom stereocenters. The van der Waals surface area contributed by atoms with Crippen LogP contribution < -0.4 is 0 Å². The highest BCUT2D eigenvalue weighted by Crippen LogP contribution is 2.31. The van der Waals surface area contributed by atoms with Crippen molar-refractivity contribution in [2.45, 2.75) is 25.0 Å². The van der Waals surface area contributed by atoms with Gasteiger partial charge < -0.3 is 19.5 Å². The fourth-order valence-electron chi connectivity index (χ4n) is 3.90. The van der Waals surface area contributed by atoms with Gasteiger partial charge in [-0.1, -0.05) is 30.3 Å². The van der Waals surface area contributed by atoms with E-state index >= 15 is 0 Å². The third-order valence-electron chi connectivity index (χ3n) is 5.09. The highest BCUT2D eigenvalue weighted by molar-refractivity contribution is 5.91. The molecular weight excluding hydrogens is 316 g/mol. The van der Waals surface area contributed by atoms with Crippen molar-refractivity contribution in [1.29, 1.82) is 0 Å². The zero-order valence-corrected chi connectivity index (χ0v) is 14.3. The van der Waals surface area contributed by atoms with Gasteiger partial charge in [0.25, 0.3) is 5.91 Å². The zero-order valence-electron chi connectivity index (χ0n) is 14.3. The van der Waals surface area contributed by atoms with Crippen molar-refractivity contribution >= 4 is 5.91 Å². The number of carbonyl (C=O) groups excluding carboxylic acids is 1. The Morgan fingerprint density at radius 2 is 2.00 bits per heavy atom. The van der Waals surface area contributed by atoms with Crippen LogP contribution in [0.4, 0.5) is 0 Å². The molecule has 2 saturated heterocycles. The van der Waals surface area contributed by atoms with Gasteiger partial charge in [-0.3, -0.25) is 4.79 Å². The number of imidazole rings is 1. The predicted octanol–water partition coefficient (Wildman–Crippen LogP) is 2.09. The van der Waals surface area contributed by atoms with Gasteiger partial charge in [0, 0.05) is 25.5 Å². The number of amides is 1. The topological polar surface area (TPSA) is 61.5 Å². The fraction of sp³-hybridized carbons (Fsp3) is 0.474. The molecule has 6 heteroatoms.